The van der Waals surface area contributed by atoms with Crippen LogP contribution in [-0.2, 0) is 23.9 Å². The van der Waals surface area contributed by atoms with Crippen molar-refractivity contribution in [1.82, 2.24) is 19.6 Å². The standard InChI is InChI=1S/C25H38N4O7/c1-25(2,3)36-24(35)29-15-6-10-18(29)22(32)27-13-4-8-16(27)20(30)26-12-5-9-17(26)21(31)28-14-7-11-19(28)23(33)34/h16-19H,4-15H2,1-3H3,(H,33,34). The molecule has 200 valence electrons. The molecule has 36 heavy (non-hydrogen) atoms. The highest BCUT2D eigenvalue weighted by Crippen LogP contribution is 2.30. The molecular formula is C25H38N4O7. The molecule has 11 heteroatoms. The van der Waals surface area contributed by atoms with Gasteiger partial charge in [-0.25, -0.2) is 9.59 Å². The number of hydrogen-bond donors (Lipinski definition) is 1. The van der Waals surface area contributed by atoms with Gasteiger partial charge < -0.3 is 24.5 Å². The molecule has 11 nitrogen and oxygen atoms in total. The molecule has 4 fully saturated rings. The van der Waals surface area contributed by atoms with E-state index in [1.54, 1.807) is 30.6 Å². The number of aliphatic carboxylic acids is 1. The van der Waals surface area contributed by atoms with Gasteiger partial charge in [-0.2, -0.15) is 0 Å². The Bertz CT molecular complexity index is 917. The highest BCUT2D eigenvalue weighted by Gasteiger charge is 2.47. The largest absolute Gasteiger partial charge is 0.480 e. The number of likely N-dealkylation sites (tertiary alicyclic amines) is 4. The van der Waals surface area contributed by atoms with E-state index in [0.29, 0.717) is 77.5 Å². The lowest BCUT2D eigenvalue weighted by Gasteiger charge is -2.35. The molecule has 0 aromatic heterocycles. The van der Waals surface area contributed by atoms with Crippen molar-refractivity contribution in [3.05, 3.63) is 0 Å². The van der Waals surface area contributed by atoms with E-state index < -0.39 is 41.8 Å². The molecule has 4 unspecified atom stereocenters. The fraction of sp³-hybridized carbons (Fsp3) is 0.800. The van der Waals surface area contributed by atoms with Gasteiger partial charge in [0.2, 0.25) is 17.7 Å². The minimum absolute atomic E-state index is 0.248. The van der Waals surface area contributed by atoms with Gasteiger partial charge in [-0.05, 0) is 72.1 Å². The lowest BCUT2D eigenvalue weighted by Crippen LogP contribution is -2.57. The zero-order valence-electron chi connectivity index (χ0n) is 21.5. The summed E-state index contributed by atoms with van der Waals surface area (Å²) in [7, 11) is 0. The monoisotopic (exact) mass is 506 g/mol. The number of hydrogen-bond acceptors (Lipinski definition) is 6. The molecule has 0 bridgehead atoms. The number of amides is 4. The van der Waals surface area contributed by atoms with Gasteiger partial charge >= 0.3 is 12.1 Å². The molecule has 4 aliphatic rings. The average Bonchev–Trinajstić information content (AvgIpc) is 3.62. The quantitative estimate of drug-likeness (QED) is 0.611. The highest BCUT2D eigenvalue weighted by atomic mass is 16.6. The summed E-state index contributed by atoms with van der Waals surface area (Å²) in [6.45, 7) is 6.98. The van der Waals surface area contributed by atoms with Crippen LogP contribution in [-0.4, -0.2) is 110 Å². The van der Waals surface area contributed by atoms with Crippen LogP contribution in [0.25, 0.3) is 0 Å². The van der Waals surface area contributed by atoms with Gasteiger partial charge in [0.25, 0.3) is 0 Å². The van der Waals surface area contributed by atoms with Gasteiger partial charge in [-0.15, -0.1) is 0 Å². The number of carbonyl (C=O) groups excluding carboxylic acids is 4. The molecule has 1 N–H and O–H groups in total. The van der Waals surface area contributed by atoms with Gasteiger partial charge in [0.05, 0.1) is 0 Å². The van der Waals surface area contributed by atoms with Crippen LogP contribution < -0.4 is 0 Å². The molecule has 0 aliphatic carbocycles. The first-order valence-electron chi connectivity index (χ1n) is 13.1. The Balaban J connectivity index is 1.46. The molecule has 0 aromatic rings. The second-order valence-corrected chi connectivity index (χ2v) is 11.2. The summed E-state index contributed by atoms with van der Waals surface area (Å²) in [5.74, 6) is -1.84. The maximum atomic E-state index is 13.7. The van der Waals surface area contributed by atoms with Crippen molar-refractivity contribution in [3.8, 4) is 0 Å². The van der Waals surface area contributed by atoms with Crippen molar-refractivity contribution in [2.75, 3.05) is 26.2 Å². The molecule has 0 spiro atoms. The molecule has 4 rings (SSSR count). The fourth-order valence-electron chi connectivity index (χ4n) is 6.00. The lowest BCUT2D eigenvalue weighted by molar-refractivity contribution is -0.154. The zero-order chi connectivity index (χ0) is 26.2. The minimum Gasteiger partial charge on any atom is -0.480 e. The summed E-state index contributed by atoms with van der Waals surface area (Å²) >= 11 is 0. The van der Waals surface area contributed by atoms with Crippen LogP contribution >= 0.6 is 0 Å². The fourth-order valence-corrected chi connectivity index (χ4v) is 6.00. The van der Waals surface area contributed by atoms with Crippen LogP contribution in [0.3, 0.4) is 0 Å². The van der Waals surface area contributed by atoms with Gasteiger partial charge in [-0.3, -0.25) is 19.3 Å². The summed E-state index contributed by atoms with van der Waals surface area (Å²) in [6, 6.07) is -2.88. The first-order valence-corrected chi connectivity index (χ1v) is 13.1. The van der Waals surface area contributed by atoms with Crippen molar-refractivity contribution < 1.29 is 33.8 Å². The van der Waals surface area contributed by atoms with E-state index in [0.717, 1.165) is 0 Å². The molecule has 4 saturated heterocycles. The number of rotatable bonds is 4. The Morgan fingerprint density at radius 2 is 0.944 bits per heavy atom. The summed E-state index contributed by atoms with van der Waals surface area (Å²) in [4.78, 5) is 70.8. The molecule has 4 atom stereocenters. The van der Waals surface area contributed by atoms with E-state index in [2.05, 4.69) is 0 Å². The second kappa shape index (κ2) is 10.3. The number of ether oxygens (including phenoxy) is 1. The third-order valence-electron chi connectivity index (χ3n) is 7.63. The number of carboxylic acid groups (broad SMARTS) is 1. The number of carboxylic acids is 1. The predicted octanol–water partition coefficient (Wildman–Crippen LogP) is 1.44. The predicted molar refractivity (Wildman–Crippen MR) is 128 cm³/mol. The van der Waals surface area contributed by atoms with Crippen LogP contribution in [0.5, 0.6) is 0 Å². The highest BCUT2D eigenvalue weighted by molar-refractivity contribution is 5.95. The molecule has 4 heterocycles. The smallest absolute Gasteiger partial charge is 0.410 e. The average molecular weight is 507 g/mol. The Morgan fingerprint density at radius 1 is 0.611 bits per heavy atom. The van der Waals surface area contributed by atoms with Gasteiger partial charge in [-0.1, -0.05) is 0 Å². The van der Waals surface area contributed by atoms with E-state index >= 15 is 0 Å². The van der Waals surface area contributed by atoms with E-state index in [9.17, 15) is 29.1 Å². The Labute approximate surface area is 211 Å². The Kier molecular flexibility index (Phi) is 7.47. The molecule has 4 aliphatic heterocycles. The van der Waals surface area contributed by atoms with Crippen molar-refractivity contribution in [1.29, 1.82) is 0 Å². The lowest BCUT2D eigenvalue weighted by atomic mass is 10.1. The topological polar surface area (TPSA) is 128 Å². The van der Waals surface area contributed by atoms with Crippen molar-refractivity contribution in [2.45, 2.75) is 102 Å². The summed E-state index contributed by atoms with van der Waals surface area (Å²) in [5.41, 5.74) is -0.675. The molecule has 4 amide bonds. The van der Waals surface area contributed by atoms with E-state index in [1.165, 1.54) is 9.80 Å². The normalized spacial score (nSPS) is 28.6. The van der Waals surface area contributed by atoms with Crippen molar-refractivity contribution >= 4 is 29.8 Å². The van der Waals surface area contributed by atoms with E-state index in [1.807, 2.05) is 0 Å². The second-order valence-electron chi connectivity index (χ2n) is 11.2. The summed E-state index contributed by atoms with van der Waals surface area (Å²) in [6.07, 6.45) is 4.04. The van der Waals surface area contributed by atoms with Gasteiger partial charge in [0.1, 0.15) is 29.8 Å². The van der Waals surface area contributed by atoms with Crippen LogP contribution in [0.1, 0.15) is 72.1 Å². The van der Waals surface area contributed by atoms with Gasteiger partial charge in [0.15, 0.2) is 0 Å². The first kappa shape index (κ1) is 26.2. The van der Waals surface area contributed by atoms with Gasteiger partial charge in [0, 0.05) is 26.2 Å². The third-order valence-corrected chi connectivity index (χ3v) is 7.63. The Morgan fingerprint density at radius 3 is 1.33 bits per heavy atom. The van der Waals surface area contributed by atoms with Crippen molar-refractivity contribution in [2.24, 2.45) is 0 Å². The summed E-state index contributed by atoms with van der Waals surface area (Å²) < 4.78 is 5.49. The first-order chi connectivity index (χ1) is 17.0. The molecular weight excluding hydrogens is 468 g/mol. The van der Waals surface area contributed by atoms with E-state index in [-0.39, 0.29) is 17.7 Å². The number of carbonyl (C=O) groups is 5. The van der Waals surface area contributed by atoms with Crippen LogP contribution in [0, 0.1) is 0 Å². The summed E-state index contributed by atoms with van der Waals surface area (Å²) in [5, 5.41) is 9.49. The van der Waals surface area contributed by atoms with Crippen LogP contribution in [0.4, 0.5) is 4.79 Å². The molecule has 0 radical (unpaired) electrons. The maximum absolute atomic E-state index is 13.7. The molecule has 0 saturated carbocycles. The maximum Gasteiger partial charge on any atom is 0.410 e. The molecule has 0 aromatic carbocycles. The van der Waals surface area contributed by atoms with E-state index in [4.69, 9.17) is 4.74 Å². The van der Waals surface area contributed by atoms with Crippen molar-refractivity contribution in [3.63, 3.8) is 0 Å². The van der Waals surface area contributed by atoms with Crippen LogP contribution in [0.15, 0.2) is 0 Å². The number of nitrogens with zero attached hydrogens (tertiary/aromatic N) is 4. The minimum atomic E-state index is -1.02. The van der Waals surface area contributed by atoms with Crippen LogP contribution in [0.2, 0.25) is 0 Å². The third kappa shape index (κ3) is 5.15. The SMILES string of the molecule is CC(C)(C)OC(=O)N1CCCC1C(=O)N1CCCC1C(=O)N1CCCC1C(=O)N1CCCC1C(=O)O. The Hall–Kier alpha value is -2.85. The zero-order valence-corrected chi connectivity index (χ0v) is 21.5.